The van der Waals surface area contributed by atoms with Crippen LogP contribution in [0.1, 0.15) is 22.8 Å². The number of benzene rings is 1. The predicted molar refractivity (Wildman–Crippen MR) is 88.7 cm³/mol. The first kappa shape index (κ1) is 15.5. The second-order valence-corrected chi connectivity index (χ2v) is 6.23. The molecule has 0 aliphatic heterocycles. The largest absolute Gasteiger partial charge is 0.422 e. The Bertz CT molecular complexity index is 896. The molecule has 3 aromatic rings. The second kappa shape index (κ2) is 5.98. The van der Waals surface area contributed by atoms with Crippen molar-refractivity contribution in [2.75, 3.05) is 6.54 Å². The number of hydrogen-bond acceptors (Lipinski definition) is 5. The number of fused-ring (bicyclic) bond motifs is 1. The molecule has 2 N–H and O–H groups in total. The minimum absolute atomic E-state index is 0.00513. The highest BCUT2D eigenvalue weighted by Gasteiger charge is 2.25. The first-order chi connectivity index (χ1) is 11.0. The van der Waals surface area contributed by atoms with E-state index in [-0.39, 0.29) is 12.1 Å². The lowest BCUT2D eigenvalue weighted by Crippen LogP contribution is -2.39. The van der Waals surface area contributed by atoms with E-state index in [2.05, 4.69) is 5.32 Å². The van der Waals surface area contributed by atoms with E-state index in [4.69, 9.17) is 4.42 Å². The van der Waals surface area contributed by atoms with Crippen molar-refractivity contribution in [2.24, 2.45) is 0 Å². The molecule has 0 saturated carbocycles. The van der Waals surface area contributed by atoms with Crippen LogP contribution in [0.15, 0.2) is 56.4 Å². The minimum Gasteiger partial charge on any atom is -0.422 e. The summed E-state index contributed by atoms with van der Waals surface area (Å²) < 4.78 is 5.14. The van der Waals surface area contributed by atoms with Crippen LogP contribution in [0.4, 0.5) is 0 Å². The van der Waals surface area contributed by atoms with Crippen molar-refractivity contribution in [3.05, 3.63) is 68.7 Å². The van der Waals surface area contributed by atoms with Crippen molar-refractivity contribution in [1.29, 1.82) is 0 Å². The Labute approximate surface area is 136 Å². The molecule has 0 radical (unpaired) electrons. The summed E-state index contributed by atoms with van der Waals surface area (Å²) >= 11 is 1.46. The lowest BCUT2D eigenvalue weighted by atomic mass is 9.99. The van der Waals surface area contributed by atoms with Crippen LogP contribution in [-0.2, 0) is 5.60 Å². The number of nitrogens with one attached hydrogen (secondary N) is 1. The van der Waals surface area contributed by atoms with E-state index in [1.165, 1.54) is 17.4 Å². The summed E-state index contributed by atoms with van der Waals surface area (Å²) in [5.74, 6) is -0.569. The van der Waals surface area contributed by atoms with Crippen molar-refractivity contribution in [3.8, 4) is 0 Å². The van der Waals surface area contributed by atoms with Gasteiger partial charge in [0, 0.05) is 5.39 Å². The van der Waals surface area contributed by atoms with Crippen LogP contribution in [0.5, 0.6) is 0 Å². The maximum atomic E-state index is 12.2. The molecule has 1 atom stereocenters. The normalized spacial score (nSPS) is 13.7. The monoisotopic (exact) mass is 329 g/mol. The highest BCUT2D eigenvalue weighted by atomic mass is 32.1. The lowest BCUT2D eigenvalue weighted by molar-refractivity contribution is 0.0529. The van der Waals surface area contributed by atoms with Gasteiger partial charge in [-0.2, -0.15) is 11.3 Å². The van der Waals surface area contributed by atoms with E-state index >= 15 is 0 Å². The number of amides is 1. The summed E-state index contributed by atoms with van der Waals surface area (Å²) in [5, 5.41) is 17.3. The average Bonchev–Trinajstić information content (AvgIpc) is 3.07. The number of carbonyl (C=O) groups excluding carboxylic acids is 1. The van der Waals surface area contributed by atoms with Gasteiger partial charge in [0.1, 0.15) is 16.7 Å². The molecule has 0 aliphatic rings. The molecular weight excluding hydrogens is 314 g/mol. The maximum Gasteiger partial charge on any atom is 0.349 e. The number of rotatable bonds is 4. The third-order valence-electron chi connectivity index (χ3n) is 3.62. The molecule has 1 unspecified atom stereocenters. The van der Waals surface area contributed by atoms with E-state index in [0.29, 0.717) is 16.5 Å². The highest BCUT2D eigenvalue weighted by molar-refractivity contribution is 7.08. The molecule has 5 nitrogen and oxygen atoms in total. The molecular formula is C17H15NO4S. The Morgan fingerprint density at radius 3 is 2.87 bits per heavy atom. The molecule has 0 aliphatic carbocycles. The lowest BCUT2D eigenvalue weighted by Gasteiger charge is -2.22. The second-order valence-electron chi connectivity index (χ2n) is 5.45. The standard InChI is InChI=1S/C17H15NO4S/c1-17(21,12-6-7-23-9-12)10-18-15(19)13-8-11-4-2-3-5-14(11)22-16(13)20/h2-9,21H,10H2,1H3,(H,18,19). The van der Waals surface area contributed by atoms with Gasteiger partial charge in [-0.3, -0.25) is 4.79 Å². The third-order valence-corrected chi connectivity index (χ3v) is 4.31. The van der Waals surface area contributed by atoms with Gasteiger partial charge in [0.15, 0.2) is 0 Å². The zero-order valence-corrected chi connectivity index (χ0v) is 13.2. The van der Waals surface area contributed by atoms with Gasteiger partial charge in [-0.1, -0.05) is 18.2 Å². The van der Waals surface area contributed by atoms with Gasteiger partial charge in [0.25, 0.3) is 5.91 Å². The van der Waals surface area contributed by atoms with Crippen LogP contribution in [0, 0.1) is 0 Å². The smallest absolute Gasteiger partial charge is 0.349 e. The zero-order chi connectivity index (χ0) is 16.4. The van der Waals surface area contributed by atoms with Crippen LogP contribution in [0.3, 0.4) is 0 Å². The quantitative estimate of drug-likeness (QED) is 0.721. The number of thiophene rings is 1. The van der Waals surface area contributed by atoms with Crippen LogP contribution in [0.2, 0.25) is 0 Å². The van der Waals surface area contributed by atoms with Gasteiger partial charge < -0.3 is 14.8 Å². The molecule has 0 bridgehead atoms. The molecule has 3 rings (SSSR count). The fraction of sp³-hybridized carbons (Fsp3) is 0.176. The fourth-order valence-corrected chi connectivity index (χ4v) is 3.02. The summed E-state index contributed by atoms with van der Waals surface area (Å²) in [6.07, 6.45) is 0. The first-order valence-corrected chi connectivity index (χ1v) is 7.98. The third kappa shape index (κ3) is 3.18. The van der Waals surface area contributed by atoms with Crippen molar-refractivity contribution in [3.63, 3.8) is 0 Å². The van der Waals surface area contributed by atoms with Crippen LogP contribution in [0.25, 0.3) is 11.0 Å². The van der Waals surface area contributed by atoms with Crippen molar-refractivity contribution < 1.29 is 14.3 Å². The molecule has 2 heterocycles. The molecule has 0 fully saturated rings. The summed E-state index contributed by atoms with van der Waals surface area (Å²) in [4.78, 5) is 24.2. The van der Waals surface area contributed by atoms with Crippen LogP contribution in [-0.4, -0.2) is 17.6 Å². The molecule has 1 aromatic carbocycles. The summed E-state index contributed by atoms with van der Waals surface area (Å²) in [6, 6.07) is 10.3. The van der Waals surface area contributed by atoms with Crippen molar-refractivity contribution in [1.82, 2.24) is 5.32 Å². The summed E-state index contributed by atoms with van der Waals surface area (Å²) in [6.45, 7) is 1.60. The van der Waals surface area contributed by atoms with Crippen molar-refractivity contribution >= 4 is 28.2 Å². The molecule has 1 amide bonds. The Morgan fingerprint density at radius 2 is 2.13 bits per heavy atom. The van der Waals surface area contributed by atoms with Crippen LogP contribution >= 0.6 is 11.3 Å². The zero-order valence-electron chi connectivity index (χ0n) is 12.4. The number of carbonyl (C=O) groups is 1. The summed E-state index contributed by atoms with van der Waals surface area (Å²) in [7, 11) is 0. The number of aliphatic hydroxyl groups is 1. The van der Waals surface area contributed by atoms with Gasteiger partial charge in [0.2, 0.25) is 0 Å². The van der Waals surface area contributed by atoms with Crippen LogP contribution < -0.4 is 10.9 Å². The van der Waals surface area contributed by atoms with E-state index in [1.807, 2.05) is 10.8 Å². The van der Waals surface area contributed by atoms with E-state index in [0.717, 1.165) is 0 Å². The number of para-hydroxylation sites is 1. The summed E-state index contributed by atoms with van der Waals surface area (Å²) in [5.41, 5.74) is -0.832. The van der Waals surface area contributed by atoms with Gasteiger partial charge in [-0.05, 0) is 41.4 Å². The van der Waals surface area contributed by atoms with E-state index in [9.17, 15) is 14.7 Å². The van der Waals surface area contributed by atoms with Gasteiger partial charge in [-0.25, -0.2) is 4.79 Å². The first-order valence-electron chi connectivity index (χ1n) is 7.03. The van der Waals surface area contributed by atoms with E-state index in [1.54, 1.807) is 37.3 Å². The molecule has 23 heavy (non-hydrogen) atoms. The molecule has 0 saturated heterocycles. The maximum absolute atomic E-state index is 12.2. The Hall–Kier alpha value is -2.44. The highest BCUT2D eigenvalue weighted by Crippen LogP contribution is 2.22. The van der Waals surface area contributed by atoms with Gasteiger partial charge >= 0.3 is 5.63 Å². The Kier molecular flexibility index (Phi) is 4.02. The SMILES string of the molecule is CC(O)(CNC(=O)c1cc2ccccc2oc1=O)c1ccsc1. The molecule has 2 aromatic heterocycles. The predicted octanol–water partition coefficient (Wildman–Crippen LogP) is 2.49. The van der Waals surface area contributed by atoms with Gasteiger partial charge in [-0.15, -0.1) is 0 Å². The van der Waals surface area contributed by atoms with E-state index < -0.39 is 17.1 Å². The molecule has 0 spiro atoms. The topological polar surface area (TPSA) is 79.5 Å². The minimum atomic E-state index is -1.20. The molecule has 118 valence electrons. The molecule has 6 heteroatoms. The average molecular weight is 329 g/mol. The van der Waals surface area contributed by atoms with Crippen molar-refractivity contribution in [2.45, 2.75) is 12.5 Å². The van der Waals surface area contributed by atoms with Gasteiger partial charge in [0.05, 0.1) is 6.54 Å². The Morgan fingerprint density at radius 1 is 1.35 bits per heavy atom. The number of hydrogen-bond donors (Lipinski definition) is 2. The fourth-order valence-electron chi connectivity index (χ4n) is 2.24. The Balaban J connectivity index is 1.81.